The number of hydrogen-bond acceptors (Lipinski definition) is 3. The van der Waals surface area contributed by atoms with Gasteiger partial charge in [0.25, 0.3) is 5.91 Å². The molecule has 1 amide bonds. The van der Waals surface area contributed by atoms with Gasteiger partial charge in [0, 0.05) is 12.2 Å². The number of amides is 1. The van der Waals surface area contributed by atoms with Gasteiger partial charge in [0.2, 0.25) is 0 Å². The van der Waals surface area contributed by atoms with Crippen LogP contribution in [0.25, 0.3) is 11.0 Å². The molecule has 2 aromatic rings. The van der Waals surface area contributed by atoms with Crippen molar-refractivity contribution in [2.75, 3.05) is 6.54 Å². The van der Waals surface area contributed by atoms with E-state index in [-0.39, 0.29) is 5.91 Å². The van der Waals surface area contributed by atoms with E-state index < -0.39 is 0 Å². The van der Waals surface area contributed by atoms with Crippen LogP contribution in [0.4, 0.5) is 0 Å². The molecule has 0 spiro atoms. The first-order valence-electron chi connectivity index (χ1n) is 8.69. The van der Waals surface area contributed by atoms with Crippen molar-refractivity contribution in [3.8, 4) is 0 Å². The van der Waals surface area contributed by atoms with Gasteiger partial charge >= 0.3 is 0 Å². The number of carbonyl (C=O) groups is 1. The van der Waals surface area contributed by atoms with Crippen LogP contribution in [0.3, 0.4) is 0 Å². The summed E-state index contributed by atoms with van der Waals surface area (Å²) in [7, 11) is 0. The predicted octanol–water partition coefficient (Wildman–Crippen LogP) is 3.63. The molecule has 5 heteroatoms. The van der Waals surface area contributed by atoms with Gasteiger partial charge in [-0.1, -0.05) is 26.7 Å². The van der Waals surface area contributed by atoms with Crippen molar-refractivity contribution in [1.82, 2.24) is 20.1 Å². The Balaban J connectivity index is 1.89. The fourth-order valence-electron chi connectivity index (χ4n) is 3.32. The maximum absolute atomic E-state index is 12.5. The number of nitrogens with zero attached hydrogens (tertiary/aromatic N) is 3. The number of aromatic nitrogens is 3. The van der Waals surface area contributed by atoms with Crippen LogP contribution in [-0.2, 0) is 0 Å². The third-order valence-corrected chi connectivity index (χ3v) is 4.62. The molecular formula is C18H26N4O. The second kappa shape index (κ2) is 6.69. The van der Waals surface area contributed by atoms with Crippen LogP contribution in [0.15, 0.2) is 12.3 Å². The molecule has 0 aliphatic heterocycles. The maximum Gasteiger partial charge on any atom is 0.252 e. The van der Waals surface area contributed by atoms with Crippen molar-refractivity contribution in [3.63, 3.8) is 0 Å². The third-order valence-electron chi connectivity index (χ3n) is 4.62. The Labute approximate surface area is 137 Å². The molecule has 1 fully saturated rings. The molecule has 23 heavy (non-hydrogen) atoms. The summed E-state index contributed by atoms with van der Waals surface area (Å²) in [6.07, 6.45) is 7.60. The van der Waals surface area contributed by atoms with Crippen LogP contribution in [-0.4, -0.2) is 27.2 Å². The van der Waals surface area contributed by atoms with E-state index in [1.165, 1.54) is 12.8 Å². The molecule has 2 heterocycles. The number of fused-ring (bicyclic) bond motifs is 1. The lowest BCUT2D eigenvalue weighted by Gasteiger charge is -2.12. The van der Waals surface area contributed by atoms with Crippen LogP contribution >= 0.6 is 0 Å². The summed E-state index contributed by atoms with van der Waals surface area (Å²) in [5.74, 6) is 0.562. The summed E-state index contributed by atoms with van der Waals surface area (Å²) >= 11 is 0. The SMILES string of the molecule is Cc1cc(C(=O)NCCC(C)C)c2cnn(C3CCCC3)c2n1. The largest absolute Gasteiger partial charge is 0.352 e. The van der Waals surface area contributed by atoms with E-state index >= 15 is 0 Å². The van der Waals surface area contributed by atoms with E-state index in [2.05, 4.69) is 29.2 Å². The van der Waals surface area contributed by atoms with Gasteiger partial charge in [0.15, 0.2) is 5.65 Å². The molecule has 5 nitrogen and oxygen atoms in total. The second-order valence-electron chi connectivity index (χ2n) is 7.01. The molecule has 0 bridgehead atoms. The fourth-order valence-corrected chi connectivity index (χ4v) is 3.32. The molecule has 1 aliphatic carbocycles. The van der Waals surface area contributed by atoms with E-state index in [9.17, 15) is 4.79 Å². The zero-order chi connectivity index (χ0) is 16.4. The normalized spacial score (nSPS) is 15.7. The van der Waals surface area contributed by atoms with E-state index in [1.54, 1.807) is 6.20 Å². The highest BCUT2D eigenvalue weighted by atomic mass is 16.1. The quantitative estimate of drug-likeness (QED) is 0.916. The molecule has 0 radical (unpaired) electrons. The first kappa shape index (κ1) is 16.0. The number of rotatable bonds is 5. The highest BCUT2D eigenvalue weighted by Gasteiger charge is 2.22. The molecule has 0 atom stereocenters. The van der Waals surface area contributed by atoms with Crippen molar-refractivity contribution < 1.29 is 4.79 Å². The number of aryl methyl sites for hydroxylation is 1. The molecular weight excluding hydrogens is 288 g/mol. The van der Waals surface area contributed by atoms with Gasteiger partial charge in [0.05, 0.1) is 23.2 Å². The average molecular weight is 314 g/mol. The molecule has 0 aromatic carbocycles. The Kier molecular flexibility index (Phi) is 4.64. The summed E-state index contributed by atoms with van der Waals surface area (Å²) in [6.45, 7) is 6.96. The lowest BCUT2D eigenvalue weighted by atomic mass is 10.1. The van der Waals surface area contributed by atoms with Gasteiger partial charge in [-0.3, -0.25) is 4.79 Å². The van der Waals surface area contributed by atoms with E-state index in [1.807, 2.05) is 17.7 Å². The van der Waals surface area contributed by atoms with Crippen molar-refractivity contribution in [2.24, 2.45) is 5.92 Å². The number of pyridine rings is 1. The smallest absolute Gasteiger partial charge is 0.252 e. The average Bonchev–Trinajstić information content (AvgIpc) is 3.14. The fraction of sp³-hybridized carbons (Fsp3) is 0.611. The van der Waals surface area contributed by atoms with Crippen LogP contribution in [0, 0.1) is 12.8 Å². The molecule has 124 valence electrons. The van der Waals surface area contributed by atoms with Gasteiger partial charge < -0.3 is 5.32 Å². The highest BCUT2D eigenvalue weighted by Crippen LogP contribution is 2.31. The maximum atomic E-state index is 12.5. The summed E-state index contributed by atoms with van der Waals surface area (Å²) in [5.41, 5.74) is 2.41. The molecule has 2 aromatic heterocycles. The summed E-state index contributed by atoms with van der Waals surface area (Å²) < 4.78 is 2.03. The molecule has 0 unspecified atom stereocenters. The van der Waals surface area contributed by atoms with E-state index in [4.69, 9.17) is 0 Å². The summed E-state index contributed by atoms with van der Waals surface area (Å²) in [5, 5.41) is 8.43. The van der Waals surface area contributed by atoms with Crippen molar-refractivity contribution >= 4 is 16.9 Å². The lowest BCUT2D eigenvalue weighted by Crippen LogP contribution is -2.25. The Morgan fingerprint density at radius 1 is 1.39 bits per heavy atom. The van der Waals surface area contributed by atoms with Crippen molar-refractivity contribution in [2.45, 2.75) is 58.9 Å². The zero-order valence-corrected chi connectivity index (χ0v) is 14.3. The number of carbonyl (C=O) groups excluding carboxylic acids is 1. The van der Waals surface area contributed by atoms with Gasteiger partial charge in [0.1, 0.15) is 0 Å². The van der Waals surface area contributed by atoms with Gasteiger partial charge in [-0.2, -0.15) is 5.10 Å². The standard InChI is InChI=1S/C18H26N4O/c1-12(2)8-9-19-18(23)15-10-13(3)21-17-16(15)11-20-22(17)14-6-4-5-7-14/h10-12,14H,4-9H2,1-3H3,(H,19,23). The Morgan fingerprint density at radius 3 is 2.83 bits per heavy atom. The minimum absolute atomic E-state index is 0.0212. The van der Waals surface area contributed by atoms with Crippen molar-refractivity contribution in [1.29, 1.82) is 0 Å². The van der Waals surface area contributed by atoms with Crippen LogP contribution in [0.1, 0.15) is 68.0 Å². The molecule has 1 aliphatic rings. The van der Waals surface area contributed by atoms with Gasteiger partial charge in [-0.25, -0.2) is 9.67 Å². The minimum Gasteiger partial charge on any atom is -0.352 e. The first-order chi connectivity index (χ1) is 11.1. The topological polar surface area (TPSA) is 59.8 Å². The summed E-state index contributed by atoms with van der Waals surface area (Å²) in [4.78, 5) is 17.2. The molecule has 0 saturated heterocycles. The Morgan fingerprint density at radius 2 is 2.13 bits per heavy atom. The van der Waals surface area contributed by atoms with Gasteiger partial charge in [-0.15, -0.1) is 0 Å². The first-order valence-corrected chi connectivity index (χ1v) is 8.69. The Hall–Kier alpha value is -1.91. The lowest BCUT2D eigenvalue weighted by molar-refractivity contribution is 0.0953. The second-order valence-corrected chi connectivity index (χ2v) is 7.01. The van der Waals surface area contributed by atoms with Crippen LogP contribution in [0.5, 0.6) is 0 Å². The number of hydrogen-bond donors (Lipinski definition) is 1. The summed E-state index contributed by atoms with van der Waals surface area (Å²) in [6, 6.07) is 2.30. The predicted molar refractivity (Wildman–Crippen MR) is 91.6 cm³/mol. The van der Waals surface area contributed by atoms with Crippen LogP contribution in [0.2, 0.25) is 0 Å². The molecule has 1 saturated carbocycles. The molecule has 1 N–H and O–H groups in total. The Bertz CT molecular complexity index is 698. The number of nitrogens with one attached hydrogen (secondary N) is 1. The minimum atomic E-state index is -0.0212. The van der Waals surface area contributed by atoms with E-state index in [0.717, 1.165) is 36.0 Å². The zero-order valence-electron chi connectivity index (χ0n) is 14.3. The van der Waals surface area contributed by atoms with E-state index in [0.29, 0.717) is 24.1 Å². The van der Waals surface area contributed by atoms with Gasteiger partial charge in [-0.05, 0) is 38.2 Å². The third kappa shape index (κ3) is 3.38. The highest BCUT2D eigenvalue weighted by molar-refractivity contribution is 6.05. The van der Waals surface area contributed by atoms with Crippen LogP contribution < -0.4 is 5.32 Å². The monoisotopic (exact) mass is 314 g/mol. The van der Waals surface area contributed by atoms with Crippen molar-refractivity contribution in [3.05, 3.63) is 23.5 Å². The molecule has 3 rings (SSSR count).